The Hall–Kier alpha value is -0.570. The summed E-state index contributed by atoms with van der Waals surface area (Å²) >= 11 is 0. The van der Waals surface area contributed by atoms with Gasteiger partial charge in [0.15, 0.2) is 0 Å². The summed E-state index contributed by atoms with van der Waals surface area (Å²) in [7, 11) is 0. The van der Waals surface area contributed by atoms with Crippen molar-refractivity contribution in [3.05, 3.63) is 0 Å². The van der Waals surface area contributed by atoms with Crippen molar-refractivity contribution in [2.45, 2.75) is 77.8 Å². The monoisotopic (exact) mass is 281 g/mol. The largest absolute Gasteiger partial charge is 0.481 e. The smallest absolute Gasteiger partial charge is 0.306 e. The average molecular weight is 281 g/mol. The Balaban J connectivity index is 1.90. The minimum Gasteiger partial charge on any atom is -0.481 e. The zero-order chi connectivity index (χ0) is 14.7. The van der Waals surface area contributed by atoms with Gasteiger partial charge in [0, 0.05) is 12.1 Å². The van der Waals surface area contributed by atoms with Crippen LogP contribution in [-0.4, -0.2) is 34.6 Å². The highest BCUT2D eigenvalue weighted by Gasteiger charge is 2.34. The molecule has 0 aromatic heterocycles. The molecule has 1 N–H and O–H groups in total. The third-order valence-electron chi connectivity index (χ3n) is 5.67. The van der Waals surface area contributed by atoms with Crippen LogP contribution in [0.4, 0.5) is 0 Å². The van der Waals surface area contributed by atoms with Crippen LogP contribution < -0.4 is 0 Å². The van der Waals surface area contributed by atoms with E-state index < -0.39 is 5.97 Å². The Morgan fingerprint density at radius 1 is 1.15 bits per heavy atom. The molecule has 0 bridgehead atoms. The van der Waals surface area contributed by atoms with Crippen LogP contribution in [0.2, 0.25) is 0 Å². The summed E-state index contributed by atoms with van der Waals surface area (Å²) in [5.41, 5.74) is 0. The Kier molecular flexibility index (Phi) is 5.48. The fourth-order valence-corrected chi connectivity index (χ4v) is 4.27. The van der Waals surface area contributed by atoms with Gasteiger partial charge in [-0.2, -0.15) is 0 Å². The third-order valence-corrected chi connectivity index (χ3v) is 5.67. The normalized spacial score (nSPS) is 36.8. The van der Waals surface area contributed by atoms with Gasteiger partial charge in [-0.25, -0.2) is 0 Å². The van der Waals surface area contributed by atoms with Crippen LogP contribution in [0.15, 0.2) is 0 Å². The standard InChI is InChI=1S/C17H31NO2/c1-12(2)14-5-4-6-16(8-7-14)18-10-9-15(17(19)20)11-13(18)3/h12-16H,4-11H2,1-3H3,(H,19,20). The maximum Gasteiger partial charge on any atom is 0.306 e. The molecule has 1 aliphatic carbocycles. The lowest BCUT2D eigenvalue weighted by atomic mass is 9.88. The van der Waals surface area contributed by atoms with Gasteiger partial charge in [0.25, 0.3) is 0 Å². The van der Waals surface area contributed by atoms with E-state index in [0.717, 1.165) is 31.2 Å². The Bertz CT molecular complexity index is 329. The molecular weight excluding hydrogens is 250 g/mol. The molecule has 2 fully saturated rings. The molecule has 2 rings (SSSR count). The lowest BCUT2D eigenvalue weighted by Gasteiger charge is -2.41. The van der Waals surface area contributed by atoms with Gasteiger partial charge < -0.3 is 5.11 Å². The first kappa shape index (κ1) is 15.8. The molecule has 4 unspecified atom stereocenters. The summed E-state index contributed by atoms with van der Waals surface area (Å²) in [5.74, 6) is 0.989. The van der Waals surface area contributed by atoms with Crippen molar-refractivity contribution in [2.24, 2.45) is 17.8 Å². The van der Waals surface area contributed by atoms with Crippen molar-refractivity contribution in [1.29, 1.82) is 0 Å². The zero-order valence-electron chi connectivity index (χ0n) is 13.3. The first-order valence-corrected chi connectivity index (χ1v) is 8.47. The number of hydrogen-bond donors (Lipinski definition) is 1. The lowest BCUT2D eigenvalue weighted by Crippen LogP contribution is -2.48. The SMILES string of the molecule is CC(C)C1CCCC(N2CCC(C(=O)O)CC2C)CC1. The predicted octanol–water partition coefficient (Wildman–Crippen LogP) is 3.78. The van der Waals surface area contributed by atoms with Gasteiger partial charge in [0.1, 0.15) is 0 Å². The number of carboxylic acids is 1. The molecule has 3 nitrogen and oxygen atoms in total. The van der Waals surface area contributed by atoms with Crippen LogP contribution >= 0.6 is 0 Å². The van der Waals surface area contributed by atoms with Crippen molar-refractivity contribution in [1.82, 2.24) is 4.90 Å². The second kappa shape index (κ2) is 6.93. The second-order valence-corrected chi connectivity index (χ2v) is 7.31. The number of nitrogens with zero attached hydrogens (tertiary/aromatic N) is 1. The highest BCUT2D eigenvalue weighted by Crippen LogP contribution is 2.34. The van der Waals surface area contributed by atoms with Crippen molar-refractivity contribution in [3.63, 3.8) is 0 Å². The van der Waals surface area contributed by atoms with Crippen LogP contribution in [0.25, 0.3) is 0 Å². The molecule has 4 atom stereocenters. The number of hydrogen-bond acceptors (Lipinski definition) is 2. The minimum atomic E-state index is -0.600. The zero-order valence-corrected chi connectivity index (χ0v) is 13.3. The van der Waals surface area contributed by atoms with Gasteiger partial charge >= 0.3 is 5.97 Å². The van der Waals surface area contributed by atoms with Gasteiger partial charge in [-0.3, -0.25) is 9.69 Å². The van der Waals surface area contributed by atoms with Crippen molar-refractivity contribution < 1.29 is 9.90 Å². The first-order chi connectivity index (χ1) is 9.49. The fourth-order valence-electron chi connectivity index (χ4n) is 4.27. The summed E-state index contributed by atoms with van der Waals surface area (Å²) in [6.45, 7) is 7.91. The maximum absolute atomic E-state index is 11.1. The predicted molar refractivity (Wildman–Crippen MR) is 81.7 cm³/mol. The molecular formula is C17H31NO2. The number of rotatable bonds is 3. The van der Waals surface area contributed by atoms with E-state index in [2.05, 4.69) is 25.7 Å². The molecule has 0 spiro atoms. The molecule has 0 amide bonds. The van der Waals surface area contributed by atoms with E-state index in [4.69, 9.17) is 0 Å². The van der Waals surface area contributed by atoms with Crippen LogP contribution in [-0.2, 0) is 4.79 Å². The Morgan fingerprint density at radius 2 is 1.90 bits per heavy atom. The van der Waals surface area contributed by atoms with E-state index in [1.54, 1.807) is 0 Å². The van der Waals surface area contributed by atoms with Crippen LogP contribution in [0.3, 0.4) is 0 Å². The van der Waals surface area contributed by atoms with E-state index in [-0.39, 0.29) is 5.92 Å². The summed E-state index contributed by atoms with van der Waals surface area (Å²) < 4.78 is 0. The van der Waals surface area contributed by atoms with Gasteiger partial charge in [0.05, 0.1) is 5.92 Å². The molecule has 0 radical (unpaired) electrons. The summed E-state index contributed by atoms with van der Waals surface area (Å²) in [6, 6.07) is 1.13. The Morgan fingerprint density at radius 3 is 2.50 bits per heavy atom. The molecule has 2 aliphatic rings. The van der Waals surface area contributed by atoms with E-state index >= 15 is 0 Å². The molecule has 1 heterocycles. The van der Waals surface area contributed by atoms with Gasteiger partial charge in [0.2, 0.25) is 0 Å². The number of carboxylic acid groups (broad SMARTS) is 1. The molecule has 1 aliphatic heterocycles. The first-order valence-electron chi connectivity index (χ1n) is 8.47. The molecule has 20 heavy (non-hydrogen) atoms. The van der Waals surface area contributed by atoms with Crippen LogP contribution in [0.5, 0.6) is 0 Å². The quantitative estimate of drug-likeness (QED) is 0.800. The summed E-state index contributed by atoms with van der Waals surface area (Å²) in [6.07, 6.45) is 8.38. The number of piperidine rings is 1. The van der Waals surface area contributed by atoms with E-state index in [0.29, 0.717) is 12.1 Å². The molecule has 1 saturated heterocycles. The molecule has 0 aromatic carbocycles. The number of likely N-dealkylation sites (tertiary alicyclic amines) is 1. The van der Waals surface area contributed by atoms with E-state index in [1.165, 1.54) is 32.1 Å². The maximum atomic E-state index is 11.1. The van der Waals surface area contributed by atoms with Crippen LogP contribution in [0, 0.1) is 17.8 Å². The molecule has 116 valence electrons. The van der Waals surface area contributed by atoms with Gasteiger partial charge in [-0.15, -0.1) is 0 Å². The second-order valence-electron chi connectivity index (χ2n) is 7.31. The highest BCUT2D eigenvalue weighted by molar-refractivity contribution is 5.70. The van der Waals surface area contributed by atoms with Crippen molar-refractivity contribution >= 4 is 5.97 Å². The van der Waals surface area contributed by atoms with Crippen molar-refractivity contribution in [3.8, 4) is 0 Å². The van der Waals surface area contributed by atoms with Gasteiger partial charge in [-0.05, 0) is 57.4 Å². The lowest BCUT2D eigenvalue weighted by molar-refractivity contribution is -0.144. The highest BCUT2D eigenvalue weighted by atomic mass is 16.4. The van der Waals surface area contributed by atoms with E-state index in [1.807, 2.05) is 0 Å². The van der Waals surface area contributed by atoms with Gasteiger partial charge in [-0.1, -0.05) is 26.7 Å². The minimum absolute atomic E-state index is 0.115. The topological polar surface area (TPSA) is 40.5 Å². The number of carbonyl (C=O) groups is 1. The summed E-state index contributed by atoms with van der Waals surface area (Å²) in [5, 5.41) is 9.17. The number of aliphatic carboxylic acids is 1. The molecule has 1 saturated carbocycles. The Labute approximate surface area is 123 Å². The fraction of sp³-hybridized carbons (Fsp3) is 0.941. The van der Waals surface area contributed by atoms with E-state index in [9.17, 15) is 9.90 Å². The van der Waals surface area contributed by atoms with Crippen molar-refractivity contribution in [2.75, 3.05) is 6.54 Å². The molecule has 3 heteroatoms. The van der Waals surface area contributed by atoms with Crippen LogP contribution in [0.1, 0.15) is 65.7 Å². The average Bonchev–Trinajstić information content (AvgIpc) is 2.64. The summed E-state index contributed by atoms with van der Waals surface area (Å²) in [4.78, 5) is 13.8. The third kappa shape index (κ3) is 3.75. The molecule has 0 aromatic rings.